The monoisotopic (exact) mass is 257 g/mol. The molecule has 1 saturated heterocycles. The Labute approximate surface area is 106 Å². The number of hydrogen-bond acceptors (Lipinski definition) is 4. The van der Waals surface area contributed by atoms with Crippen LogP contribution in [-0.4, -0.2) is 33.6 Å². The first-order valence-corrected chi connectivity index (χ1v) is 6.94. The van der Waals surface area contributed by atoms with Crippen LogP contribution in [0.2, 0.25) is 0 Å². The fourth-order valence-corrected chi connectivity index (χ4v) is 3.38. The van der Waals surface area contributed by atoms with Gasteiger partial charge in [0.05, 0.1) is 5.88 Å². The van der Waals surface area contributed by atoms with E-state index in [4.69, 9.17) is 11.6 Å². The largest absolute Gasteiger partial charge is 0.339 e. The second kappa shape index (κ2) is 5.23. The fraction of sp³-hybridized carbons (Fsp3) is 0.636. The summed E-state index contributed by atoms with van der Waals surface area (Å²) in [5.41, 5.74) is 0.970. The Balaban J connectivity index is 2.10. The zero-order chi connectivity index (χ0) is 11.5. The lowest BCUT2D eigenvalue weighted by Crippen LogP contribution is -2.41. The van der Waals surface area contributed by atoms with Crippen LogP contribution >= 0.6 is 23.4 Å². The molecular formula is C11H16ClN3S. The van der Waals surface area contributed by atoms with Crippen molar-refractivity contribution in [3.63, 3.8) is 0 Å². The molecule has 0 radical (unpaired) electrons. The Morgan fingerprint density at radius 3 is 2.38 bits per heavy atom. The molecule has 0 amide bonds. The van der Waals surface area contributed by atoms with Crippen LogP contribution in [0.15, 0.2) is 12.4 Å². The smallest absolute Gasteiger partial charge is 0.225 e. The Hall–Kier alpha value is -0.480. The normalized spacial score (nSPS) is 25.8. The Morgan fingerprint density at radius 1 is 1.31 bits per heavy atom. The zero-order valence-corrected chi connectivity index (χ0v) is 11.1. The van der Waals surface area contributed by atoms with E-state index in [0.717, 1.165) is 24.6 Å². The van der Waals surface area contributed by atoms with Crippen molar-refractivity contribution in [1.29, 1.82) is 0 Å². The molecular weight excluding hydrogens is 242 g/mol. The molecule has 0 aromatic carbocycles. The molecule has 1 fully saturated rings. The van der Waals surface area contributed by atoms with Gasteiger partial charge in [-0.15, -0.1) is 11.6 Å². The number of halogens is 1. The van der Waals surface area contributed by atoms with Crippen molar-refractivity contribution in [3.05, 3.63) is 18.0 Å². The van der Waals surface area contributed by atoms with Gasteiger partial charge >= 0.3 is 0 Å². The lowest BCUT2D eigenvalue weighted by molar-refractivity contribution is 0.706. The summed E-state index contributed by atoms with van der Waals surface area (Å²) in [5, 5.41) is 1.28. The van der Waals surface area contributed by atoms with Gasteiger partial charge in [-0.2, -0.15) is 11.8 Å². The number of aromatic nitrogens is 2. The molecule has 1 aromatic heterocycles. The average molecular weight is 258 g/mol. The third kappa shape index (κ3) is 2.80. The van der Waals surface area contributed by atoms with Crippen molar-refractivity contribution in [2.24, 2.45) is 0 Å². The minimum Gasteiger partial charge on any atom is -0.339 e. The van der Waals surface area contributed by atoms with Crippen molar-refractivity contribution < 1.29 is 0 Å². The molecule has 16 heavy (non-hydrogen) atoms. The number of thioether (sulfide) groups is 1. The fourth-order valence-electron chi connectivity index (χ4n) is 1.92. The predicted octanol–water partition coefficient (Wildman–Crippen LogP) is 2.55. The quantitative estimate of drug-likeness (QED) is 0.762. The molecule has 0 spiro atoms. The maximum absolute atomic E-state index is 5.71. The van der Waals surface area contributed by atoms with Crippen LogP contribution in [0.4, 0.5) is 5.95 Å². The van der Waals surface area contributed by atoms with E-state index in [1.54, 1.807) is 0 Å². The maximum atomic E-state index is 5.71. The highest BCUT2D eigenvalue weighted by Gasteiger charge is 2.23. The van der Waals surface area contributed by atoms with Crippen LogP contribution in [0.25, 0.3) is 0 Å². The summed E-state index contributed by atoms with van der Waals surface area (Å²) < 4.78 is 0. The molecule has 2 heterocycles. The van der Waals surface area contributed by atoms with Gasteiger partial charge in [-0.3, -0.25) is 0 Å². The van der Waals surface area contributed by atoms with Crippen LogP contribution < -0.4 is 4.90 Å². The van der Waals surface area contributed by atoms with Gasteiger partial charge in [0.1, 0.15) is 0 Å². The summed E-state index contributed by atoms with van der Waals surface area (Å²) in [6.07, 6.45) is 3.62. The second-order valence-corrected chi connectivity index (χ2v) is 6.34. The first-order chi connectivity index (χ1) is 7.69. The maximum Gasteiger partial charge on any atom is 0.225 e. The molecule has 0 aliphatic carbocycles. The van der Waals surface area contributed by atoms with E-state index in [0.29, 0.717) is 16.4 Å². The first-order valence-electron chi connectivity index (χ1n) is 5.46. The highest BCUT2D eigenvalue weighted by molar-refractivity contribution is 8.00. The van der Waals surface area contributed by atoms with Gasteiger partial charge in [-0.05, 0) is 0 Å². The van der Waals surface area contributed by atoms with Crippen molar-refractivity contribution in [3.8, 4) is 0 Å². The molecule has 3 nitrogen and oxygen atoms in total. The summed E-state index contributed by atoms with van der Waals surface area (Å²) >= 11 is 7.74. The third-order valence-electron chi connectivity index (χ3n) is 2.55. The van der Waals surface area contributed by atoms with Crippen LogP contribution in [0.1, 0.15) is 19.4 Å². The summed E-state index contributed by atoms with van der Waals surface area (Å²) in [6.45, 7) is 6.55. The summed E-state index contributed by atoms with van der Waals surface area (Å²) in [6, 6.07) is 0. The van der Waals surface area contributed by atoms with E-state index in [2.05, 4.69) is 28.7 Å². The number of alkyl halides is 1. The Kier molecular flexibility index (Phi) is 3.92. The highest BCUT2D eigenvalue weighted by atomic mass is 35.5. The van der Waals surface area contributed by atoms with E-state index >= 15 is 0 Å². The summed E-state index contributed by atoms with van der Waals surface area (Å²) in [5.74, 6) is 1.30. The van der Waals surface area contributed by atoms with E-state index in [-0.39, 0.29) is 0 Å². The van der Waals surface area contributed by atoms with E-state index in [1.165, 1.54) is 0 Å². The molecule has 1 aromatic rings. The third-order valence-corrected chi connectivity index (χ3v) is 4.08. The molecule has 2 rings (SSSR count). The molecule has 1 aliphatic heterocycles. The van der Waals surface area contributed by atoms with Crippen LogP contribution in [-0.2, 0) is 5.88 Å². The molecule has 5 heteroatoms. The highest BCUT2D eigenvalue weighted by Crippen LogP contribution is 2.26. The predicted molar refractivity (Wildman–Crippen MR) is 70.3 cm³/mol. The SMILES string of the molecule is CC1CN(c2ncc(CCl)cn2)CC(C)S1. The molecule has 0 bridgehead atoms. The van der Waals surface area contributed by atoms with Gasteiger partial charge in [0.2, 0.25) is 5.95 Å². The van der Waals surface area contributed by atoms with Crippen LogP contribution in [0.5, 0.6) is 0 Å². The van der Waals surface area contributed by atoms with Gasteiger partial charge in [0.25, 0.3) is 0 Å². The summed E-state index contributed by atoms with van der Waals surface area (Å²) in [7, 11) is 0. The lowest BCUT2D eigenvalue weighted by atomic mass is 10.3. The van der Waals surface area contributed by atoms with Crippen LogP contribution in [0.3, 0.4) is 0 Å². The van der Waals surface area contributed by atoms with Gasteiger partial charge in [-0.1, -0.05) is 13.8 Å². The standard InChI is InChI=1S/C11H16ClN3S/c1-8-6-15(7-9(2)16-8)11-13-4-10(3-12)5-14-11/h4-5,8-9H,3,6-7H2,1-2H3. The molecule has 0 N–H and O–H groups in total. The number of rotatable bonds is 2. The average Bonchev–Trinajstić information content (AvgIpc) is 2.28. The van der Waals surface area contributed by atoms with Gasteiger partial charge < -0.3 is 4.90 Å². The lowest BCUT2D eigenvalue weighted by Gasteiger charge is -2.34. The van der Waals surface area contributed by atoms with Crippen molar-refractivity contribution in [2.75, 3.05) is 18.0 Å². The van der Waals surface area contributed by atoms with Crippen molar-refractivity contribution in [2.45, 2.75) is 30.2 Å². The number of anilines is 1. The van der Waals surface area contributed by atoms with E-state index in [9.17, 15) is 0 Å². The topological polar surface area (TPSA) is 29.0 Å². The molecule has 1 aliphatic rings. The number of nitrogens with zero attached hydrogens (tertiary/aromatic N) is 3. The van der Waals surface area contributed by atoms with Crippen molar-refractivity contribution in [1.82, 2.24) is 9.97 Å². The molecule has 88 valence electrons. The first kappa shape index (κ1) is 12.0. The molecule has 2 unspecified atom stereocenters. The van der Waals surface area contributed by atoms with E-state index < -0.39 is 0 Å². The van der Waals surface area contributed by atoms with Gasteiger partial charge in [0.15, 0.2) is 0 Å². The minimum atomic E-state index is 0.475. The van der Waals surface area contributed by atoms with E-state index in [1.807, 2.05) is 24.2 Å². The summed E-state index contributed by atoms with van der Waals surface area (Å²) in [4.78, 5) is 11.0. The van der Waals surface area contributed by atoms with Crippen molar-refractivity contribution >= 4 is 29.3 Å². The Bertz CT molecular complexity index is 334. The van der Waals surface area contributed by atoms with Gasteiger partial charge in [-0.25, -0.2) is 9.97 Å². The van der Waals surface area contributed by atoms with Gasteiger partial charge in [0, 0.05) is 41.5 Å². The molecule has 0 saturated carbocycles. The van der Waals surface area contributed by atoms with Crippen LogP contribution in [0, 0.1) is 0 Å². The second-order valence-electron chi connectivity index (χ2n) is 4.19. The Morgan fingerprint density at radius 2 is 1.88 bits per heavy atom. The molecule has 2 atom stereocenters. The zero-order valence-electron chi connectivity index (χ0n) is 9.56. The minimum absolute atomic E-state index is 0.475. The number of hydrogen-bond donors (Lipinski definition) is 0.